The maximum absolute atomic E-state index is 14.8. The van der Waals surface area contributed by atoms with Gasteiger partial charge in [-0.3, -0.25) is 9.79 Å². The zero-order valence-electron chi connectivity index (χ0n) is 20.3. The highest BCUT2D eigenvalue weighted by Crippen LogP contribution is 2.39. The van der Waals surface area contributed by atoms with Crippen LogP contribution in [0.5, 0.6) is 0 Å². The maximum Gasteiger partial charge on any atom is 0.226 e. The fourth-order valence-electron chi connectivity index (χ4n) is 3.98. The normalized spacial score (nSPS) is 12.9. The lowest BCUT2D eigenvalue weighted by atomic mass is 9.96. The largest absolute Gasteiger partial charge is 0.398 e. The van der Waals surface area contributed by atoms with E-state index in [4.69, 9.17) is 17.3 Å². The van der Waals surface area contributed by atoms with E-state index in [1.54, 1.807) is 43.4 Å². The van der Waals surface area contributed by atoms with Crippen molar-refractivity contribution in [3.63, 3.8) is 0 Å². The van der Waals surface area contributed by atoms with Gasteiger partial charge in [0.25, 0.3) is 0 Å². The van der Waals surface area contributed by atoms with E-state index in [0.717, 1.165) is 23.6 Å². The number of hydrogen-bond donors (Lipinski definition) is 1. The lowest BCUT2D eigenvalue weighted by molar-refractivity contribution is -0.106. The summed E-state index contributed by atoms with van der Waals surface area (Å²) < 4.78 is 14.8. The predicted molar refractivity (Wildman–Crippen MR) is 145 cm³/mol. The molecule has 2 heterocycles. The van der Waals surface area contributed by atoms with Crippen molar-refractivity contribution in [2.24, 2.45) is 4.99 Å². The van der Waals surface area contributed by atoms with Crippen LogP contribution in [0.25, 0.3) is 22.3 Å². The van der Waals surface area contributed by atoms with Gasteiger partial charge < -0.3 is 15.5 Å². The van der Waals surface area contributed by atoms with Gasteiger partial charge in [-0.25, -0.2) is 14.3 Å². The Hall–Kier alpha value is -4.09. The van der Waals surface area contributed by atoms with Crippen LogP contribution in [0.2, 0.25) is 5.02 Å². The second-order valence-corrected chi connectivity index (χ2v) is 9.02. The molecule has 0 radical (unpaired) electrons. The quantitative estimate of drug-likeness (QED) is 0.239. The zero-order valence-corrected chi connectivity index (χ0v) is 21.1. The fraction of sp³-hybridized carbons (Fsp3) is 0.222. The lowest BCUT2D eigenvalue weighted by Gasteiger charge is -2.27. The number of carbonyl (C=O) groups excluding carboxylic acids is 1. The molecule has 0 saturated carbocycles. The number of nitrogen functional groups attached to an aromatic ring is 1. The predicted octanol–water partition coefficient (Wildman–Crippen LogP) is 4.51. The number of halogens is 2. The molecule has 0 unspecified atom stereocenters. The SMILES string of the molecule is CC1=NCCN(c2cc(-c3cc(F)cc(-c4ccc(N(C#CN(C)C)C=O)c(Cl)c4)c3N)ccn2)C1. The Labute approximate surface area is 215 Å². The Morgan fingerprint density at radius 1 is 1.11 bits per heavy atom. The molecule has 1 aromatic heterocycles. The monoisotopic (exact) mass is 504 g/mol. The summed E-state index contributed by atoms with van der Waals surface area (Å²) in [4.78, 5) is 25.4. The number of hydrogen-bond acceptors (Lipinski definition) is 6. The van der Waals surface area contributed by atoms with E-state index in [2.05, 4.69) is 27.0 Å². The minimum Gasteiger partial charge on any atom is -0.398 e. The summed E-state index contributed by atoms with van der Waals surface area (Å²) in [5, 5.41) is 0.284. The van der Waals surface area contributed by atoms with Crippen molar-refractivity contribution >= 4 is 40.9 Å². The van der Waals surface area contributed by atoms with Crippen LogP contribution in [0, 0.1) is 17.9 Å². The highest BCUT2D eigenvalue weighted by Gasteiger charge is 2.17. The van der Waals surface area contributed by atoms with Crippen LogP contribution in [-0.4, -0.2) is 55.7 Å². The van der Waals surface area contributed by atoms with Crippen molar-refractivity contribution in [1.82, 2.24) is 9.88 Å². The molecule has 7 nitrogen and oxygen atoms in total. The van der Waals surface area contributed by atoms with Crippen molar-refractivity contribution in [2.75, 3.05) is 49.3 Å². The van der Waals surface area contributed by atoms with Crippen molar-refractivity contribution in [1.29, 1.82) is 0 Å². The fourth-order valence-corrected chi connectivity index (χ4v) is 4.26. The highest BCUT2D eigenvalue weighted by atomic mass is 35.5. The van der Waals surface area contributed by atoms with Crippen molar-refractivity contribution < 1.29 is 9.18 Å². The van der Waals surface area contributed by atoms with Gasteiger partial charge in [0, 0.05) is 61.5 Å². The minimum atomic E-state index is -0.430. The minimum absolute atomic E-state index is 0.284. The van der Waals surface area contributed by atoms with Crippen molar-refractivity contribution in [3.05, 3.63) is 59.5 Å². The zero-order chi connectivity index (χ0) is 25.8. The van der Waals surface area contributed by atoms with E-state index in [1.165, 1.54) is 17.0 Å². The summed E-state index contributed by atoms with van der Waals surface area (Å²) in [5.41, 5.74) is 10.9. The first-order chi connectivity index (χ1) is 17.3. The number of nitrogens with two attached hydrogens (primary N) is 1. The number of carbonyl (C=O) groups is 1. The maximum atomic E-state index is 14.8. The summed E-state index contributed by atoms with van der Waals surface area (Å²) in [6.45, 7) is 4.16. The smallest absolute Gasteiger partial charge is 0.226 e. The second kappa shape index (κ2) is 10.7. The van der Waals surface area contributed by atoms with Gasteiger partial charge in [0.05, 0.1) is 23.8 Å². The molecule has 0 bridgehead atoms. The number of nitrogens with zero attached hydrogens (tertiary/aromatic N) is 5. The first kappa shape index (κ1) is 25.0. The summed E-state index contributed by atoms with van der Waals surface area (Å²) in [7, 11) is 3.52. The van der Waals surface area contributed by atoms with Crippen molar-refractivity contribution in [3.8, 4) is 34.3 Å². The van der Waals surface area contributed by atoms with E-state index >= 15 is 0 Å². The number of rotatable bonds is 5. The van der Waals surface area contributed by atoms with Crippen LogP contribution < -0.4 is 15.5 Å². The molecule has 0 atom stereocenters. The summed E-state index contributed by atoms with van der Waals surface area (Å²) in [5.74, 6) is 0.354. The molecule has 2 N–H and O–H groups in total. The summed E-state index contributed by atoms with van der Waals surface area (Å²) in [6.07, 6.45) is 2.28. The highest BCUT2D eigenvalue weighted by molar-refractivity contribution is 6.34. The standard InChI is InChI=1S/C27H26ClFN6O/c1-18-16-34(9-8-31-18)26-13-20(6-7-32-26)23-15-21(29)14-22(27(23)30)19-4-5-25(24(28)12-19)35(17-36)11-10-33(2)3/h4-7,12-15,17H,8-9,16,30H2,1-3H3. The average molecular weight is 505 g/mol. The van der Waals surface area contributed by atoms with E-state index in [9.17, 15) is 9.18 Å². The molecule has 4 rings (SSSR count). The van der Waals surface area contributed by atoms with Gasteiger partial charge in [-0.1, -0.05) is 17.7 Å². The number of benzene rings is 2. The Morgan fingerprint density at radius 2 is 1.83 bits per heavy atom. The van der Waals surface area contributed by atoms with Gasteiger partial charge in [0.1, 0.15) is 11.6 Å². The number of anilines is 3. The van der Waals surface area contributed by atoms with E-state index in [0.29, 0.717) is 47.6 Å². The third kappa shape index (κ3) is 5.42. The molecular weight excluding hydrogens is 479 g/mol. The number of aliphatic imine (C=N–C) groups is 1. The van der Waals surface area contributed by atoms with Gasteiger partial charge >= 0.3 is 0 Å². The Kier molecular flexibility index (Phi) is 7.41. The van der Waals surface area contributed by atoms with Gasteiger partial charge in [-0.2, -0.15) is 0 Å². The third-order valence-electron chi connectivity index (χ3n) is 5.71. The molecule has 9 heteroatoms. The molecule has 0 saturated heterocycles. The van der Waals surface area contributed by atoms with Crippen LogP contribution in [0.3, 0.4) is 0 Å². The third-order valence-corrected chi connectivity index (χ3v) is 6.02. The van der Waals surface area contributed by atoms with Gasteiger partial charge in [-0.15, -0.1) is 0 Å². The van der Waals surface area contributed by atoms with E-state index < -0.39 is 5.82 Å². The molecule has 36 heavy (non-hydrogen) atoms. The molecule has 0 aliphatic carbocycles. The first-order valence-electron chi connectivity index (χ1n) is 11.3. The lowest BCUT2D eigenvalue weighted by Crippen LogP contribution is -2.35. The van der Waals surface area contributed by atoms with Gasteiger partial charge in [0.15, 0.2) is 0 Å². The van der Waals surface area contributed by atoms with E-state index in [1.807, 2.05) is 19.1 Å². The Morgan fingerprint density at radius 3 is 2.47 bits per heavy atom. The topological polar surface area (TPSA) is 78.1 Å². The first-order valence-corrected chi connectivity index (χ1v) is 11.7. The Balaban J connectivity index is 1.72. The second-order valence-electron chi connectivity index (χ2n) is 8.62. The van der Waals surface area contributed by atoms with Crippen molar-refractivity contribution in [2.45, 2.75) is 6.92 Å². The molecule has 1 aliphatic rings. The molecule has 2 aromatic carbocycles. The van der Waals surface area contributed by atoms with E-state index in [-0.39, 0.29) is 5.02 Å². The van der Waals surface area contributed by atoms with Crippen LogP contribution in [0.1, 0.15) is 6.92 Å². The molecule has 0 spiro atoms. The summed E-state index contributed by atoms with van der Waals surface area (Å²) >= 11 is 6.50. The average Bonchev–Trinajstić information content (AvgIpc) is 2.86. The van der Waals surface area contributed by atoms with Gasteiger partial charge in [-0.05, 0) is 54.4 Å². The number of amides is 1. The molecular formula is C27H26ClFN6O. The number of aromatic nitrogens is 1. The molecule has 0 fully saturated rings. The molecule has 3 aromatic rings. The Bertz CT molecular complexity index is 1390. The van der Waals surface area contributed by atoms with Gasteiger partial charge in [0.2, 0.25) is 6.41 Å². The van der Waals surface area contributed by atoms with Crippen LogP contribution in [-0.2, 0) is 4.79 Å². The summed E-state index contributed by atoms with van der Waals surface area (Å²) in [6, 6.07) is 17.1. The molecule has 1 aliphatic heterocycles. The molecule has 1 amide bonds. The van der Waals surface area contributed by atoms with Crippen LogP contribution in [0.15, 0.2) is 53.7 Å². The van der Waals surface area contributed by atoms with Crippen LogP contribution >= 0.6 is 11.6 Å². The number of pyridine rings is 1. The van der Waals surface area contributed by atoms with Crippen LogP contribution in [0.4, 0.5) is 21.6 Å². The molecule has 184 valence electrons.